The smallest absolute Gasteiger partial charge is 0.331 e. The van der Waals surface area contributed by atoms with Crippen LogP contribution in [-0.4, -0.2) is 113 Å². The van der Waals surface area contributed by atoms with E-state index in [-0.39, 0.29) is 47.1 Å². The minimum absolute atomic E-state index is 0.0224. The van der Waals surface area contributed by atoms with E-state index in [9.17, 15) is 47.1 Å². The van der Waals surface area contributed by atoms with Crippen LogP contribution in [0.25, 0.3) is 0 Å². The molecule has 0 radical (unpaired) electrons. The van der Waals surface area contributed by atoms with Gasteiger partial charge in [0.15, 0.2) is 12.1 Å². The highest BCUT2D eigenvalue weighted by Crippen LogP contribution is 2.56. The zero-order valence-corrected chi connectivity index (χ0v) is 39.1. The van der Waals surface area contributed by atoms with E-state index >= 15 is 0 Å². The Labute approximate surface area is 399 Å². The van der Waals surface area contributed by atoms with Crippen LogP contribution in [0, 0.1) is 23.5 Å². The van der Waals surface area contributed by atoms with Crippen molar-refractivity contribution in [3.05, 3.63) is 119 Å². The molecule has 4 aromatic rings. The normalized spacial score (nSPS) is 22.6. The summed E-state index contributed by atoms with van der Waals surface area (Å²) in [5.41, 5.74) is -2.95. The number of benzene rings is 4. The molecule has 0 saturated heterocycles. The predicted octanol–water partition coefficient (Wildman–Crippen LogP) is 4.38. The number of methoxy groups -OCH3 is 4. The number of carbonyl (C=O) groups is 8. The van der Waals surface area contributed by atoms with Crippen LogP contribution in [0.15, 0.2) is 94.9 Å². The topological polar surface area (TPSA) is 223 Å². The van der Waals surface area contributed by atoms with Crippen LogP contribution in [0.1, 0.15) is 49.9 Å². The van der Waals surface area contributed by atoms with E-state index in [1.54, 1.807) is 62.4 Å². The van der Waals surface area contributed by atoms with E-state index in [2.05, 4.69) is 9.98 Å². The molecular formula is C50H46F2N4O14. The molecule has 0 saturated carbocycles. The Morgan fingerprint density at radius 3 is 1.17 bits per heavy atom. The summed E-state index contributed by atoms with van der Waals surface area (Å²) in [5, 5.41) is 0. The Balaban J connectivity index is 0.000000206. The van der Waals surface area contributed by atoms with Crippen LogP contribution in [0.2, 0.25) is 0 Å². The van der Waals surface area contributed by atoms with Crippen LogP contribution in [0.5, 0.6) is 11.5 Å². The second kappa shape index (κ2) is 19.4. The van der Waals surface area contributed by atoms with Crippen LogP contribution in [-0.2, 0) is 68.1 Å². The molecule has 4 amide bonds. The zero-order chi connectivity index (χ0) is 51.0. The molecule has 20 heteroatoms. The monoisotopic (exact) mass is 964 g/mol. The van der Waals surface area contributed by atoms with Gasteiger partial charge < -0.3 is 28.4 Å². The van der Waals surface area contributed by atoms with Crippen LogP contribution >= 0.6 is 0 Å². The summed E-state index contributed by atoms with van der Waals surface area (Å²) in [5.74, 6) is -9.92. The van der Waals surface area contributed by atoms with Crippen molar-refractivity contribution in [3.8, 4) is 11.5 Å². The number of imide groups is 2. The molecule has 0 aromatic heterocycles. The number of halogens is 2. The van der Waals surface area contributed by atoms with Gasteiger partial charge in [0.05, 0.1) is 64.5 Å². The minimum atomic E-state index is -2.01. The molecule has 4 aromatic carbocycles. The van der Waals surface area contributed by atoms with Gasteiger partial charge >= 0.3 is 23.9 Å². The first-order valence-corrected chi connectivity index (χ1v) is 21.7. The number of ether oxygens (including phenoxy) is 6. The fourth-order valence-electron chi connectivity index (χ4n) is 9.72. The lowest BCUT2D eigenvalue weighted by atomic mass is 9.66. The molecule has 0 fully saturated rings. The number of fused-ring (bicyclic) bond motifs is 4. The Kier molecular flexibility index (Phi) is 13.8. The van der Waals surface area contributed by atoms with Crippen molar-refractivity contribution in [2.45, 2.75) is 50.6 Å². The number of hydrogen-bond donors (Lipinski definition) is 0. The lowest BCUT2D eigenvalue weighted by molar-refractivity contribution is -0.157. The standard InChI is InChI=1S/2C25H23FN2O7/c2*1-5-35-22(30)19-20(23(31)34-4)27-21(14-6-9-16(33-3)10-7-14)25(19)17-12-15(26)8-11-18(17)28(13(2)29)24(25)32/h2*6-12,19-20H,5H2,1-4H3/t2*19-,20-,25-/m10/s1. The largest absolute Gasteiger partial charge is 0.497 e. The van der Waals surface area contributed by atoms with Crippen molar-refractivity contribution in [3.63, 3.8) is 0 Å². The average Bonchev–Trinajstić information content (AvgIpc) is 4.05. The molecule has 0 aliphatic carbocycles. The Morgan fingerprint density at radius 2 is 0.886 bits per heavy atom. The SMILES string of the molecule is CCOC(=O)[C@@H]1[C@@H](C(=O)OC)N=C(c2ccc(OC)cc2)[C@@]12C(=O)N(C(C)=O)c1ccc(F)cc12.CCOC(=O)[C@H]1[C@H](C(=O)OC)N=C(c2ccc(OC)cc2)[C@]12C(=O)N(C(C)=O)c1ccc(F)cc12. The molecule has 4 heterocycles. The van der Waals surface area contributed by atoms with Gasteiger partial charge in [-0.15, -0.1) is 0 Å². The number of hydrogen-bond acceptors (Lipinski definition) is 16. The van der Waals surface area contributed by atoms with Crippen LogP contribution in [0.3, 0.4) is 0 Å². The summed E-state index contributed by atoms with van der Waals surface area (Å²) in [6.07, 6.45) is 0. The lowest BCUT2D eigenvalue weighted by Crippen LogP contribution is -2.55. The molecule has 8 rings (SSSR count). The second-order valence-corrected chi connectivity index (χ2v) is 16.1. The van der Waals surface area contributed by atoms with Crippen molar-refractivity contribution < 1.29 is 75.6 Å². The van der Waals surface area contributed by atoms with Crippen molar-refractivity contribution in [2.75, 3.05) is 51.5 Å². The Morgan fingerprint density at radius 1 is 0.543 bits per heavy atom. The maximum Gasteiger partial charge on any atom is 0.331 e. The highest BCUT2D eigenvalue weighted by atomic mass is 19.1. The van der Waals surface area contributed by atoms with E-state index in [0.29, 0.717) is 22.6 Å². The molecule has 364 valence electrons. The molecular weight excluding hydrogens is 919 g/mol. The van der Waals surface area contributed by atoms with Crippen LogP contribution < -0.4 is 19.3 Å². The van der Waals surface area contributed by atoms with Crippen LogP contribution in [0.4, 0.5) is 20.2 Å². The third-order valence-electron chi connectivity index (χ3n) is 12.5. The van der Waals surface area contributed by atoms with Gasteiger partial charge in [0, 0.05) is 25.0 Å². The van der Waals surface area contributed by atoms with Crippen molar-refractivity contribution >= 4 is 70.3 Å². The first-order chi connectivity index (χ1) is 33.4. The number of nitrogens with zero attached hydrogens (tertiary/aromatic N) is 4. The first kappa shape index (κ1) is 49.7. The van der Waals surface area contributed by atoms with Gasteiger partial charge in [0.25, 0.3) is 11.8 Å². The van der Waals surface area contributed by atoms with Gasteiger partial charge in [0.1, 0.15) is 45.8 Å². The molecule has 0 bridgehead atoms. The third kappa shape index (κ3) is 7.72. The van der Waals surface area contributed by atoms with Crippen molar-refractivity contribution in [1.82, 2.24) is 0 Å². The summed E-state index contributed by atoms with van der Waals surface area (Å²) >= 11 is 0. The van der Waals surface area contributed by atoms with E-state index in [1.165, 1.54) is 40.2 Å². The lowest BCUT2D eigenvalue weighted by Gasteiger charge is -2.32. The van der Waals surface area contributed by atoms with E-state index in [0.717, 1.165) is 48.3 Å². The summed E-state index contributed by atoms with van der Waals surface area (Å²) < 4.78 is 59.9. The van der Waals surface area contributed by atoms with Gasteiger partial charge in [-0.05, 0) is 110 Å². The molecule has 18 nitrogen and oxygen atoms in total. The van der Waals surface area contributed by atoms with Crippen molar-refractivity contribution in [2.24, 2.45) is 21.8 Å². The van der Waals surface area contributed by atoms with Crippen molar-refractivity contribution in [1.29, 1.82) is 0 Å². The summed E-state index contributed by atoms with van der Waals surface area (Å²) in [6.45, 7) is 5.42. The first-order valence-electron chi connectivity index (χ1n) is 21.7. The molecule has 0 unspecified atom stereocenters. The summed E-state index contributed by atoms with van der Waals surface area (Å²) in [7, 11) is 5.23. The van der Waals surface area contributed by atoms with E-state index in [4.69, 9.17) is 28.4 Å². The van der Waals surface area contributed by atoms with Gasteiger partial charge in [0.2, 0.25) is 11.8 Å². The number of amides is 4. The number of anilines is 2. The predicted molar refractivity (Wildman–Crippen MR) is 243 cm³/mol. The van der Waals surface area contributed by atoms with Gasteiger partial charge in [-0.25, -0.2) is 28.2 Å². The summed E-state index contributed by atoms with van der Waals surface area (Å²) in [4.78, 5) is 117. The molecule has 70 heavy (non-hydrogen) atoms. The average molecular weight is 965 g/mol. The number of aliphatic imine (C=N–C) groups is 2. The molecule has 4 aliphatic heterocycles. The molecule has 6 atom stereocenters. The fourth-order valence-corrected chi connectivity index (χ4v) is 9.72. The van der Waals surface area contributed by atoms with E-state index in [1.807, 2.05) is 0 Å². The number of rotatable bonds is 10. The van der Waals surface area contributed by atoms with Gasteiger partial charge in [-0.1, -0.05) is 0 Å². The van der Waals surface area contributed by atoms with E-state index < -0.39 is 93.9 Å². The molecule has 2 spiro atoms. The van der Waals surface area contributed by atoms with Gasteiger partial charge in [-0.3, -0.25) is 38.8 Å². The highest BCUT2D eigenvalue weighted by Gasteiger charge is 2.70. The zero-order valence-electron chi connectivity index (χ0n) is 39.1. The summed E-state index contributed by atoms with van der Waals surface area (Å²) in [6, 6.07) is 16.9. The minimum Gasteiger partial charge on any atom is -0.497 e. The maximum atomic E-state index is 14.6. The quantitative estimate of drug-likeness (QED) is 0.159. The second-order valence-electron chi connectivity index (χ2n) is 16.1. The third-order valence-corrected chi connectivity index (χ3v) is 12.5. The maximum absolute atomic E-state index is 14.6. The molecule has 0 N–H and O–H groups in total. The van der Waals surface area contributed by atoms with Gasteiger partial charge in [-0.2, -0.15) is 0 Å². The Hall–Kier alpha value is -8.16. The fraction of sp³-hybridized carbons (Fsp3) is 0.320. The number of carbonyl (C=O) groups excluding carboxylic acids is 8. The Bertz CT molecular complexity index is 2710. The highest BCUT2D eigenvalue weighted by molar-refractivity contribution is 6.38. The molecule has 4 aliphatic rings. The number of esters is 4.